The molecular formula is C24H29N3O4. The van der Waals surface area contributed by atoms with Gasteiger partial charge in [0.1, 0.15) is 12.1 Å². The summed E-state index contributed by atoms with van der Waals surface area (Å²) in [5.41, 5.74) is 2.75. The molecule has 0 aliphatic carbocycles. The molecule has 0 aliphatic rings. The van der Waals surface area contributed by atoms with E-state index in [1.165, 1.54) is 6.08 Å². The molecule has 7 nitrogen and oxygen atoms in total. The number of benzene rings is 2. The van der Waals surface area contributed by atoms with Crippen molar-refractivity contribution in [2.24, 2.45) is 0 Å². The summed E-state index contributed by atoms with van der Waals surface area (Å²) in [5, 5.41) is 7.95. The highest BCUT2D eigenvalue weighted by Crippen LogP contribution is 2.15. The van der Waals surface area contributed by atoms with Crippen LogP contribution in [-0.2, 0) is 20.9 Å². The molecule has 3 amide bonds. The van der Waals surface area contributed by atoms with E-state index in [1.54, 1.807) is 45.0 Å². The average molecular weight is 424 g/mol. The molecule has 0 saturated carbocycles. The number of rotatable bonds is 7. The Labute approximate surface area is 182 Å². The Balaban J connectivity index is 1.87. The van der Waals surface area contributed by atoms with Crippen molar-refractivity contribution >= 4 is 29.7 Å². The van der Waals surface area contributed by atoms with Crippen molar-refractivity contribution in [1.82, 2.24) is 10.6 Å². The fraction of sp³-hybridized carbons (Fsp3) is 0.292. The monoisotopic (exact) mass is 423 g/mol. The van der Waals surface area contributed by atoms with Crippen LogP contribution in [-0.4, -0.2) is 30.1 Å². The van der Waals surface area contributed by atoms with Crippen LogP contribution >= 0.6 is 0 Å². The van der Waals surface area contributed by atoms with Crippen molar-refractivity contribution in [3.63, 3.8) is 0 Å². The van der Waals surface area contributed by atoms with Crippen molar-refractivity contribution in [2.75, 3.05) is 11.9 Å². The second-order valence-electron chi connectivity index (χ2n) is 8.02. The summed E-state index contributed by atoms with van der Waals surface area (Å²) in [4.78, 5) is 36.0. The number of hydrogen-bond donors (Lipinski definition) is 3. The second kappa shape index (κ2) is 11.0. The van der Waals surface area contributed by atoms with Crippen molar-refractivity contribution in [2.45, 2.75) is 39.8 Å². The fourth-order valence-corrected chi connectivity index (χ4v) is 2.55. The number of alkyl carbamates (subject to hydrolysis) is 1. The van der Waals surface area contributed by atoms with Crippen LogP contribution in [0.15, 0.2) is 54.6 Å². The van der Waals surface area contributed by atoms with Crippen LogP contribution in [0.25, 0.3) is 6.08 Å². The lowest BCUT2D eigenvalue weighted by Crippen LogP contribution is -2.37. The Bertz CT molecular complexity index is 944. The number of aryl methyl sites for hydroxylation is 1. The summed E-state index contributed by atoms with van der Waals surface area (Å²) in [6, 6.07) is 15.0. The van der Waals surface area contributed by atoms with Gasteiger partial charge in [-0.3, -0.25) is 9.59 Å². The van der Waals surface area contributed by atoms with Gasteiger partial charge in [0.15, 0.2) is 0 Å². The van der Waals surface area contributed by atoms with Crippen LogP contribution < -0.4 is 16.0 Å². The minimum Gasteiger partial charge on any atom is -0.444 e. The Morgan fingerprint density at radius 2 is 1.65 bits per heavy atom. The number of para-hydroxylation sites is 1. The van der Waals surface area contributed by atoms with Crippen LogP contribution in [0.1, 0.15) is 37.5 Å². The first-order valence-corrected chi connectivity index (χ1v) is 9.99. The first-order valence-electron chi connectivity index (χ1n) is 9.99. The van der Waals surface area contributed by atoms with E-state index in [2.05, 4.69) is 16.0 Å². The summed E-state index contributed by atoms with van der Waals surface area (Å²) in [5.74, 6) is -0.641. The van der Waals surface area contributed by atoms with Gasteiger partial charge in [0.2, 0.25) is 11.8 Å². The lowest BCUT2D eigenvalue weighted by Gasteiger charge is -2.19. The summed E-state index contributed by atoms with van der Waals surface area (Å²) in [6.45, 7) is 7.25. The fourth-order valence-electron chi connectivity index (χ4n) is 2.55. The molecular weight excluding hydrogens is 394 g/mol. The molecule has 0 spiro atoms. The Hall–Kier alpha value is -3.61. The molecule has 31 heavy (non-hydrogen) atoms. The van der Waals surface area contributed by atoms with Crippen molar-refractivity contribution in [1.29, 1.82) is 0 Å². The number of hydrogen-bond acceptors (Lipinski definition) is 4. The maximum Gasteiger partial charge on any atom is 0.408 e. The quantitative estimate of drug-likeness (QED) is 0.591. The van der Waals surface area contributed by atoms with Gasteiger partial charge in [0, 0.05) is 18.3 Å². The predicted molar refractivity (Wildman–Crippen MR) is 121 cm³/mol. The smallest absolute Gasteiger partial charge is 0.408 e. The summed E-state index contributed by atoms with van der Waals surface area (Å²) < 4.78 is 5.10. The van der Waals surface area contributed by atoms with Gasteiger partial charge < -0.3 is 20.7 Å². The second-order valence-corrected chi connectivity index (χ2v) is 8.02. The molecule has 0 aliphatic heterocycles. The summed E-state index contributed by atoms with van der Waals surface area (Å²) in [7, 11) is 0. The molecule has 2 rings (SSSR count). The maximum atomic E-state index is 12.2. The Morgan fingerprint density at radius 3 is 2.32 bits per heavy atom. The zero-order chi connectivity index (χ0) is 22.9. The maximum absolute atomic E-state index is 12.2. The van der Waals surface area contributed by atoms with Crippen LogP contribution in [0.2, 0.25) is 0 Å². The zero-order valence-corrected chi connectivity index (χ0v) is 18.3. The minimum atomic E-state index is -0.663. The molecule has 7 heteroatoms. The van der Waals surface area contributed by atoms with Crippen molar-refractivity contribution in [3.05, 3.63) is 71.3 Å². The normalized spacial score (nSPS) is 11.1. The van der Waals surface area contributed by atoms with E-state index in [0.717, 1.165) is 16.7 Å². The molecule has 0 saturated heterocycles. The largest absolute Gasteiger partial charge is 0.444 e. The third-order valence-corrected chi connectivity index (χ3v) is 4.04. The average Bonchev–Trinajstić information content (AvgIpc) is 2.70. The van der Waals surface area contributed by atoms with Gasteiger partial charge in [-0.05, 0) is 51.0 Å². The molecule has 164 valence electrons. The highest BCUT2D eigenvalue weighted by atomic mass is 16.6. The van der Waals surface area contributed by atoms with Crippen molar-refractivity contribution < 1.29 is 19.1 Å². The molecule has 2 aromatic rings. The Kier molecular flexibility index (Phi) is 8.37. The van der Waals surface area contributed by atoms with Gasteiger partial charge in [-0.15, -0.1) is 0 Å². The molecule has 2 aromatic carbocycles. The van der Waals surface area contributed by atoms with E-state index in [1.807, 2.05) is 37.3 Å². The van der Waals surface area contributed by atoms with Gasteiger partial charge in [0.05, 0.1) is 0 Å². The molecule has 3 N–H and O–H groups in total. The van der Waals surface area contributed by atoms with E-state index in [-0.39, 0.29) is 19.0 Å². The lowest BCUT2D eigenvalue weighted by atomic mass is 10.1. The number of anilines is 1. The van der Waals surface area contributed by atoms with E-state index < -0.39 is 17.6 Å². The zero-order valence-electron chi connectivity index (χ0n) is 18.3. The number of carbonyl (C=O) groups excluding carboxylic acids is 3. The van der Waals surface area contributed by atoms with Crippen LogP contribution in [0.3, 0.4) is 0 Å². The topological polar surface area (TPSA) is 96.5 Å². The third kappa shape index (κ3) is 9.16. The SMILES string of the molecule is Cc1ccc(/C=C/C(=O)NCc2ccccc2NC(=O)CNC(=O)OC(C)(C)C)cc1. The van der Waals surface area contributed by atoms with Crippen LogP contribution in [0, 0.1) is 6.92 Å². The van der Waals surface area contributed by atoms with E-state index >= 15 is 0 Å². The summed E-state index contributed by atoms with van der Waals surface area (Å²) >= 11 is 0. The minimum absolute atomic E-state index is 0.227. The summed E-state index contributed by atoms with van der Waals surface area (Å²) in [6.07, 6.45) is 2.55. The standard InChI is InChI=1S/C24H29N3O4/c1-17-9-11-18(12-10-17)13-14-21(28)25-15-19-7-5-6-8-20(19)27-22(29)16-26-23(30)31-24(2,3)4/h5-14H,15-16H2,1-4H3,(H,25,28)(H,26,30)(H,27,29)/b14-13+. The number of carbonyl (C=O) groups is 3. The molecule has 0 unspecified atom stereocenters. The van der Waals surface area contributed by atoms with Crippen LogP contribution in [0.5, 0.6) is 0 Å². The predicted octanol–water partition coefficient (Wildman–Crippen LogP) is 3.79. The number of amides is 3. The van der Waals surface area contributed by atoms with Gasteiger partial charge >= 0.3 is 6.09 Å². The highest BCUT2D eigenvalue weighted by Gasteiger charge is 2.16. The lowest BCUT2D eigenvalue weighted by molar-refractivity contribution is -0.116. The molecule has 0 bridgehead atoms. The van der Waals surface area contributed by atoms with Gasteiger partial charge in [-0.2, -0.15) is 0 Å². The van der Waals surface area contributed by atoms with Crippen LogP contribution in [0.4, 0.5) is 10.5 Å². The highest BCUT2D eigenvalue weighted by molar-refractivity contribution is 5.95. The van der Waals surface area contributed by atoms with E-state index in [9.17, 15) is 14.4 Å². The molecule has 0 aromatic heterocycles. The van der Waals surface area contributed by atoms with Crippen molar-refractivity contribution in [3.8, 4) is 0 Å². The van der Waals surface area contributed by atoms with E-state index in [0.29, 0.717) is 5.69 Å². The molecule has 0 heterocycles. The van der Waals surface area contributed by atoms with Gasteiger partial charge in [-0.1, -0.05) is 48.0 Å². The number of ether oxygens (including phenoxy) is 1. The van der Waals surface area contributed by atoms with Gasteiger partial charge in [-0.25, -0.2) is 4.79 Å². The molecule has 0 fully saturated rings. The number of nitrogens with one attached hydrogen (secondary N) is 3. The first-order chi connectivity index (χ1) is 14.6. The third-order valence-electron chi connectivity index (χ3n) is 4.04. The van der Waals surface area contributed by atoms with Gasteiger partial charge in [0.25, 0.3) is 0 Å². The Morgan fingerprint density at radius 1 is 0.968 bits per heavy atom. The van der Waals surface area contributed by atoms with E-state index in [4.69, 9.17) is 4.74 Å². The first kappa shape index (κ1) is 23.7. The molecule has 0 atom stereocenters. The molecule has 0 radical (unpaired) electrons.